The molecule has 0 rings (SSSR count). The SMILES string of the molecule is CCO[Si](CC)(OCC)OC(CC(F)(F)F)(C(C)C)C(C(C)C)C(C)C. The summed E-state index contributed by atoms with van der Waals surface area (Å²) in [6.07, 6.45) is -5.33. The molecule has 0 aromatic carbocycles. The fourth-order valence-corrected chi connectivity index (χ4v) is 6.90. The van der Waals surface area contributed by atoms with Crippen LogP contribution >= 0.6 is 0 Å². The molecular formula is C19H39F3O3Si. The van der Waals surface area contributed by atoms with Gasteiger partial charge in [-0.05, 0) is 37.5 Å². The van der Waals surface area contributed by atoms with Crippen LogP contribution in [0.4, 0.5) is 13.2 Å². The molecule has 0 spiro atoms. The standard InChI is InChI=1S/C19H39F3O3Si/c1-10-23-26(12-3,24-11-2)25-18(16(8)9,13-19(20,21)22)17(14(4)5)15(6)7/h14-17H,10-13H2,1-9H3. The van der Waals surface area contributed by atoms with E-state index in [0.29, 0.717) is 19.3 Å². The van der Waals surface area contributed by atoms with Crippen LogP contribution in [0.2, 0.25) is 6.04 Å². The number of hydrogen-bond donors (Lipinski definition) is 0. The Balaban J connectivity index is 6.41. The maximum absolute atomic E-state index is 13.7. The maximum atomic E-state index is 13.7. The summed E-state index contributed by atoms with van der Waals surface area (Å²) in [7, 11) is -3.22. The van der Waals surface area contributed by atoms with Crippen LogP contribution in [0.15, 0.2) is 0 Å². The van der Waals surface area contributed by atoms with Gasteiger partial charge in [-0.3, -0.25) is 0 Å². The molecule has 0 heterocycles. The second kappa shape index (κ2) is 10.4. The lowest BCUT2D eigenvalue weighted by atomic mass is 9.66. The summed E-state index contributed by atoms with van der Waals surface area (Å²) in [6.45, 7) is 17.7. The molecular weight excluding hydrogens is 361 g/mol. The Kier molecular flexibility index (Phi) is 10.4. The molecule has 0 aromatic rings. The molecule has 1 unspecified atom stereocenters. The summed E-state index contributed by atoms with van der Waals surface area (Å²) in [5.41, 5.74) is -1.38. The first-order valence-electron chi connectivity index (χ1n) is 9.85. The molecule has 0 amide bonds. The van der Waals surface area contributed by atoms with Crippen LogP contribution < -0.4 is 0 Å². The minimum Gasteiger partial charge on any atom is -0.374 e. The topological polar surface area (TPSA) is 27.7 Å². The van der Waals surface area contributed by atoms with Crippen molar-refractivity contribution < 1.29 is 26.4 Å². The van der Waals surface area contributed by atoms with Crippen molar-refractivity contribution >= 4 is 8.80 Å². The highest BCUT2D eigenvalue weighted by molar-refractivity contribution is 6.60. The van der Waals surface area contributed by atoms with E-state index in [1.807, 2.05) is 62.3 Å². The first-order chi connectivity index (χ1) is 11.8. The van der Waals surface area contributed by atoms with Gasteiger partial charge in [-0.1, -0.05) is 48.5 Å². The second-order valence-electron chi connectivity index (χ2n) is 7.92. The molecule has 7 heteroatoms. The fraction of sp³-hybridized carbons (Fsp3) is 1.00. The third kappa shape index (κ3) is 6.80. The van der Waals surface area contributed by atoms with Gasteiger partial charge in [0.1, 0.15) is 0 Å². The van der Waals surface area contributed by atoms with Crippen LogP contribution in [0.25, 0.3) is 0 Å². The van der Waals surface area contributed by atoms with Gasteiger partial charge in [0.25, 0.3) is 0 Å². The Morgan fingerprint density at radius 1 is 0.808 bits per heavy atom. The van der Waals surface area contributed by atoms with Gasteiger partial charge in [0, 0.05) is 19.3 Å². The van der Waals surface area contributed by atoms with Crippen molar-refractivity contribution in [2.45, 2.75) is 86.6 Å². The highest BCUT2D eigenvalue weighted by atomic mass is 28.4. The zero-order valence-electron chi connectivity index (χ0n) is 18.0. The van der Waals surface area contributed by atoms with Gasteiger partial charge in [-0.25, -0.2) is 0 Å². The molecule has 158 valence electrons. The molecule has 0 bridgehead atoms. The van der Waals surface area contributed by atoms with E-state index in [4.69, 9.17) is 13.3 Å². The van der Waals surface area contributed by atoms with Gasteiger partial charge in [0.05, 0.1) is 12.0 Å². The van der Waals surface area contributed by atoms with Gasteiger partial charge < -0.3 is 13.3 Å². The van der Waals surface area contributed by atoms with Gasteiger partial charge in [0.2, 0.25) is 0 Å². The summed E-state index contributed by atoms with van der Waals surface area (Å²) >= 11 is 0. The molecule has 3 nitrogen and oxygen atoms in total. The monoisotopic (exact) mass is 400 g/mol. The Labute approximate surface area is 159 Å². The molecule has 0 saturated heterocycles. The van der Waals surface area contributed by atoms with Crippen LogP contribution in [0.1, 0.15) is 68.7 Å². The summed E-state index contributed by atoms with van der Waals surface area (Å²) in [5.74, 6) is -0.542. The van der Waals surface area contributed by atoms with Crippen LogP contribution in [0.3, 0.4) is 0 Å². The van der Waals surface area contributed by atoms with E-state index in [0.717, 1.165) is 0 Å². The van der Waals surface area contributed by atoms with E-state index in [-0.39, 0.29) is 23.7 Å². The third-order valence-electron chi connectivity index (χ3n) is 4.96. The molecule has 0 N–H and O–H groups in total. The number of hydrogen-bond acceptors (Lipinski definition) is 3. The number of rotatable bonds is 12. The van der Waals surface area contributed by atoms with Gasteiger partial charge in [-0.2, -0.15) is 13.2 Å². The lowest BCUT2D eigenvalue weighted by molar-refractivity contribution is -0.213. The zero-order valence-corrected chi connectivity index (χ0v) is 19.0. The van der Waals surface area contributed by atoms with E-state index in [1.165, 1.54) is 0 Å². The number of alkyl halides is 3. The third-order valence-corrected chi connectivity index (χ3v) is 7.98. The normalized spacial score (nSPS) is 16.2. The van der Waals surface area contributed by atoms with Crippen molar-refractivity contribution in [1.82, 2.24) is 0 Å². The highest BCUT2D eigenvalue weighted by Gasteiger charge is 2.57. The predicted octanol–water partition coefficient (Wildman–Crippen LogP) is 6.31. The van der Waals surface area contributed by atoms with Crippen LogP contribution in [0, 0.1) is 23.7 Å². The highest BCUT2D eigenvalue weighted by Crippen LogP contribution is 2.48. The summed E-state index contributed by atoms with van der Waals surface area (Å²) < 4.78 is 59.3. The average molecular weight is 401 g/mol. The molecule has 0 fully saturated rings. The van der Waals surface area contributed by atoms with Crippen molar-refractivity contribution in [1.29, 1.82) is 0 Å². The van der Waals surface area contributed by atoms with Crippen molar-refractivity contribution in [2.75, 3.05) is 13.2 Å². The summed E-state index contributed by atoms with van der Waals surface area (Å²) in [4.78, 5) is 0. The molecule has 0 radical (unpaired) electrons. The van der Waals surface area contributed by atoms with Crippen LogP contribution in [0.5, 0.6) is 0 Å². The van der Waals surface area contributed by atoms with Crippen LogP contribution in [-0.4, -0.2) is 33.8 Å². The molecule has 1 atom stereocenters. The smallest absolute Gasteiger partial charge is 0.374 e. The van der Waals surface area contributed by atoms with Gasteiger partial charge in [-0.15, -0.1) is 0 Å². The van der Waals surface area contributed by atoms with Crippen molar-refractivity contribution in [3.63, 3.8) is 0 Å². The van der Waals surface area contributed by atoms with Crippen molar-refractivity contribution in [2.24, 2.45) is 23.7 Å². The van der Waals surface area contributed by atoms with Gasteiger partial charge in [0.15, 0.2) is 0 Å². The maximum Gasteiger partial charge on any atom is 0.501 e. The quantitative estimate of drug-likeness (QED) is 0.359. The first-order valence-corrected chi connectivity index (χ1v) is 11.8. The Morgan fingerprint density at radius 2 is 1.23 bits per heavy atom. The minimum atomic E-state index is -4.33. The Bertz CT molecular complexity index is 386. The molecule has 0 saturated carbocycles. The summed E-state index contributed by atoms with van der Waals surface area (Å²) in [5, 5.41) is 0. The Hall–Kier alpha value is -0.113. The van der Waals surface area contributed by atoms with E-state index in [1.54, 1.807) is 0 Å². The van der Waals surface area contributed by atoms with Crippen molar-refractivity contribution in [3.8, 4) is 0 Å². The predicted molar refractivity (Wildman–Crippen MR) is 102 cm³/mol. The molecule has 0 aliphatic carbocycles. The zero-order chi connectivity index (χ0) is 20.8. The lowest BCUT2D eigenvalue weighted by Gasteiger charge is -2.51. The fourth-order valence-electron chi connectivity index (χ4n) is 4.25. The van der Waals surface area contributed by atoms with E-state index < -0.39 is 27.0 Å². The molecule has 26 heavy (non-hydrogen) atoms. The van der Waals surface area contributed by atoms with Crippen molar-refractivity contribution in [3.05, 3.63) is 0 Å². The van der Waals surface area contributed by atoms with E-state index >= 15 is 0 Å². The second-order valence-corrected chi connectivity index (χ2v) is 10.8. The largest absolute Gasteiger partial charge is 0.501 e. The Morgan fingerprint density at radius 3 is 1.46 bits per heavy atom. The summed E-state index contributed by atoms with van der Waals surface area (Å²) in [6, 6.07) is 0.448. The minimum absolute atomic E-state index is 0.0339. The van der Waals surface area contributed by atoms with Gasteiger partial charge >= 0.3 is 15.0 Å². The van der Waals surface area contributed by atoms with E-state index in [2.05, 4.69) is 0 Å². The molecule has 0 aliphatic rings. The van der Waals surface area contributed by atoms with E-state index in [9.17, 15) is 13.2 Å². The first kappa shape index (κ1) is 25.9. The number of halogens is 3. The molecule has 0 aliphatic heterocycles. The lowest BCUT2D eigenvalue weighted by Crippen LogP contribution is -2.61. The molecule has 0 aromatic heterocycles. The van der Waals surface area contributed by atoms with Crippen LogP contribution in [-0.2, 0) is 13.3 Å². The average Bonchev–Trinajstić information content (AvgIpc) is 2.44.